The SMILES string of the molecule is COc1ccc(C)cc1NC(=O)CSc1ncc(S(=O)(=O)c2ccc(Cl)s2)c(N)n1. The van der Waals surface area contributed by atoms with E-state index in [1.165, 1.54) is 19.2 Å². The number of thioether (sulfide) groups is 1. The van der Waals surface area contributed by atoms with Crippen LogP contribution in [-0.4, -0.2) is 37.2 Å². The maximum atomic E-state index is 12.6. The van der Waals surface area contributed by atoms with E-state index in [9.17, 15) is 13.2 Å². The largest absolute Gasteiger partial charge is 0.495 e. The highest BCUT2D eigenvalue weighted by Crippen LogP contribution is 2.32. The van der Waals surface area contributed by atoms with E-state index < -0.39 is 9.84 Å². The van der Waals surface area contributed by atoms with Crippen LogP contribution in [0.15, 0.2) is 50.8 Å². The molecule has 2 heterocycles. The van der Waals surface area contributed by atoms with E-state index >= 15 is 0 Å². The number of hydrogen-bond acceptors (Lipinski definition) is 9. The summed E-state index contributed by atoms with van der Waals surface area (Å²) in [5.41, 5.74) is 7.37. The lowest BCUT2D eigenvalue weighted by atomic mass is 10.2. The molecule has 158 valence electrons. The van der Waals surface area contributed by atoms with Crippen molar-refractivity contribution in [2.75, 3.05) is 23.9 Å². The molecule has 30 heavy (non-hydrogen) atoms. The van der Waals surface area contributed by atoms with Crippen LogP contribution >= 0.6 is 34.7 Å². The molecule has 0 radical (unpaired) electrons. The summed E-state index contributed by atoms with van der Waals surface area (Å²) in [6.07, 6.45) is 1.13. The zero-order chi connectivity index (χ0) is 21.9. The molecule has 3 N–H and O–H groups in total. The first-order chi connectivity index (χ1) is 14.2. The monoisotopic (exact) mass is 484 g/mol. The van der Waals surface area contributed by atoms with E-state index in [0.717, 1.165) is 34.9 Å². The van der Waals surface area contributed by atoms with Crippen molar-refractivity contribution < 1.29 is 17.9 Å². The van der Waals surface area contributed by atoms with Crippen LogP contribution in [0.5, 0.6) is 5.75 Å². The summed E-state index contributed by atoms with van der Waals surface area (Å²) < 4.78 is 30.9. The fourth-order valence-electron chi connectivity index (χ4n) is 2.43. The van der Waals surface area contributed by atoms with Crippen LogP contribution in [0.2, 0.25) is 4.34 Å². The first-order valence-corrected chi connectivity index (χ1v) is 12.1. The third-order valence-electron chi connectivity index (χ3n) is 3.83. The Balaban J connectivity index is 1.69. The molecule has 3 aromatic rings. The number of amides is 1. The van der Waals surface area contributed by atoms with Gasteiger partial charge in [-0.25, -0.2) is 18.4 Å². The highest BCUT2D eigenvalue weighted by molar-refractivity contribution is 7.99. The second-order valence-corrected chi connectivity index (χ2v) is 10.8. The molecule has 0 aliphatic heterocycles. The van der Waals surface area contributed by atoms with E-state index in [0.29, 0.717) is 15.8 Å². The number of methoxy groups -OCH3 is 1. The number of ether oxygens (including phenoxy) is 1. The number of nitrogens with one attached hydrogen (secondary N) is 1. The number of aryl methyl sites for hydroxylation is 1. The highest BCUT2D eigenvalue weighted by Gasteiger charge is 2.24. The maximum absolute atomic E-state index is 12.6. The molecule has 0 saturated heterocycles. The fraction of sp³-hybridized carbons (Fsp3) is 0.167. The average Bonchev–Trinajstić information content (AvgIpc) is 3.14. The fourth-order valence-corrected chi connectivity index (χ4v) is 5.92. The number of anilines is 2. The number of thiophene rings is 1. The van der Waals surface area contributed by atoms with Crippen LogP contribution < -0.4 is 15.8 Å². The highest BCUT2D eigenvalue weighted by atomic mass is 35.5. The van der Waals surface area contributed by atoms with Gasteiger partial charge in [-0.05, 0) is 36.8 Å². The predicted octanol–water partition coefficient (Wildman–Crippen LogP) is 3.65. The van der Waals surface area contributed by atoms with Crippen LogP contribution in [0, 0.1) is 6.92 Å². The van der Waals surface area contributed by atoms with Crippen molar-refractivity contribution in [1.82, 2.24) is 9.97 Å². The number of rotatable bonds is 7. The average molecular weight is 485 g/mol. The molecule has 12 heteroatoms. The van der Waals surface area contributed by atoms with Gasteiger partial charge < -0.3 is 15.8 Å². The van der Waals surface area contributed by atoms with Crippen molar-refractivity contribution in [2.24, 2.45) is 0 Å². The van der Waals surface area contributed by atoms with Gasteiger partial charge in [0.05, 0.1) is 29.1 Å². The summed E-state index contributed by atoms with van der Waals surface area (Å²) in [6.45, 7) is 1.90. The summed E-state index contributed by atoms with van der Waals surface area (Å²) in [5.74, 6) is 0.0554. The minimum Gasteiger partial charge on any atom is -0.495 e. The van der Waals surface area contributed by atoms with Gasteiger partial charge in [-0.3, -0.25) is 4.79 Å². The normalized spacial score (nSPS) is 11.3. The first-order valence-electron chi connectivity index (χ1n) is 8.41. The minimum atomic E-state index is -3.87. The molecule has 3 rings (SSSR count). The molecule has 1 amide bonds. The van der Waals surface area contributed by atoms with E-state index in [2.05, 4.69) is 15.3 Å². The van der Waals surface area contributed by atoms with Crippen LogP contribution in [0.1, 0.15) is 5.56 Å². The Morgan fingerprint density at radius 2 is 2.10 bits per heavy atom. The van der Waals surface area contributed by atoms with Crippen molar-refractivity contribution in [2.45, 2.75) is 21.2 Å². The third-order valence-corrected chi connectivity index (χ3v) is 8.18. The quantitative estimate of drug-likeness (QED) is 0.384. The second kappa shape index (κ2) is 9.21. The Kier molecular flexibility index (Phi) is 6.86. The van der Waals surface area contributed by atoms with Gasteiger partial charge in [0.1, 0.15) is 20.7 Å². The Labute approximate surface area is 186 Å². The zero-order valence-electron chi connectivity index (χ0n) is 15.9. The molecule has 0 spiro atoms. The molecule has 8 nitrogen and oxygen atoms in total. The van der Waals surface area contributed by atoms with Gasteiger partial charge in [0.15, 0.2) is 5.16 Å². The first kappa shape index (κ1) is 22.3. The Morgan fingerprint density at radius 1 is 1.33 bits per heavy atom. The summed E-state index contributed by atoms with van der Waals surface area (Å²) in [5, 5.41) is 2.95. The summed E-state index contributed by atoms with van der Waals surface area (Å²) in [4.78, 5) is 20.1. The Hall–Kier alpha value is -2.34. The lowest BCUT2D eigenvalue weighted by Crippen LogP contribution is -2.15. The number of nitrogens with two attached hydrogens (primary N) is 1. The molecule has 0 aliphatic carbocycles. The number of carbonyl (C=O) groups excluding carboxylic acids is 1. The Bertz CT molecular complexity index is 1200. The molecule has 0 aliphatic rings. The minimum absolute atomic E-state index is 0.00314. The van der Waals surface area contributed by atoms with Crippen LogP contribution in [0.4, 0.5) is 11.5 Å². The number of hydrogen-bond donors (Lipinski definition) is 2. The molecular weight excluding hydrogens is 468 g/mol. The molecular formula is C18H17ClN4O4S3. The number of nitrogens with zero attached hydrogens (tertiary/aromatic N) is 2. The zero-order valence-corrected chi connectivity index (χ0v) is 19.1. The number of benzene rings is 1. The van der Waals surface area contributed by atoms with E-state index in [1.54, 1.807) is 12.1 Å². The number of nitrogen functional groups attached to an aromatic ring is 1. The van der Waals surface area contributed by atoms with Crippen molar-refractivity contribution in [3.8, 4) is 5.75 Å². The summed E-state index contributed by atoms with van der Waals surface area (Å²) in [7, 11) is -2.35. The van der Waals surface area contributed by atoms with Crippen molar-refractivity contribution in [1.29, 1.82) is 0 Å². The van der Waals surface area contributed by atoms with E-state index in [4.69, 9.17) is 22.1 Å². The predicted molar refractivity (Wildman–Crippen MR) is 118 cm³/mol. The van der Waals surface area contributed by atoms with Crippen LogP contribution in [0.25, 0.3) is 0 Å². The van der Waals surface area contributed by atoms with Gasteiger partial charge in [-0.1, -0.05) is 29.4 Å². The molecule has 0 saturated carbocycles. The lowest BCUT2D eigenvalue weighted by molar-refractivity contribution is -0.113. The number of sulfone groups is 1. The summed E-state index contributed by atoms with van der Waals surface area (Å²) >= 11 is 7.77. The topological polar surface area (TPSA) is 124 Å². The second-order valence-electron chi connectivity index (χ2n) is 6.00. The number of carbonyl (C=O) groups is 1. The smallest absolute Gasteiger partial charge is 0.234 e. The van der Waals surface area contributed by atoms with Crippen LogP contribution in [-0.2, 0) is 14.6 Å². The van der Waals surface area contributed by atoms with Crippen molar-refractivity contribution in [3.63, 3.8) is 0 Å². The molecule has 0 unspecified atom stereocenters. The standard InChI is InChI=1S/C18H17ClN4O4S3/c1-10-3-4-12(27-2)11(7-10)22-15(24)9-28-18-21-8-13(17(20)23-18)30(25,26)16-6-5-14(19)29-16/h3-8H,9H2,1-2H3,(H,22,24)(H2,20,21,23). The maximum Gasteiger partial charge on any atom is 0.234 e. The van der Waals surface area contributed by atoms with Gasteiger partial charge in [-0.2, -0.15) is 0 Å². The van der Waals surface area contributed by atoms with E-state index in [1.807, 2.05) is 13.0 Å². The van der Waals surface area contributed by atoms with E-state index in [-0.39, 0.29) is 31.7 Å². The molecule has 1 aromatic carbocycles. The van der Waals surface area contributed by atoms with Gasteiger partial charge >= 0.3 is 0 Å². The number of halogens is 1. The van der Waals surface area contributed by atoms with Gasteiger partial charge in [0.2, 0.25) is 15.7 Å². The lowest BCUT2D eigenvalue weighted by Gasteiger charge is -2.11. The molecule has 0 atom stereocenters. The van der Waals surface area contributed by atoms with Gasteiger partial charge in [0, 0.05) is 0 Å². The molecule has 0 bridgehead atoms. The van der Waals surface area contributed by atoms with Crippen molar-refractivity contribution in [3.05, 3.63) is 46.4 Å². The summed E-state index contributed by atoms with van der Waals surface area (Å²) in [6, 6.07) is 8.32. The Morgan fingerprint density at radius 3 is 2.73 bits per heavy atom. The van der Waals surface area contributed by atoms with Crippen LogP contribution in [0.3, 0.4) is 0 Å². The molecule has 0 fully saturated rings. The van der Waals surface area contributed by atoms with Crippen molar-refractivity contribution >= 4 is 61.9 Å². The van der Waals surface area contributed by atoms with Gasteiger partial charge in [0.25, 0.3) is 0 Å². The molecule has 2 aromatic heterocycles. The third kappa shape index (κ3) is 5.04. The number of aromatic nitrogens is 2. The van der Waals surface area contributed by atoms with Gasteiger partial charge in [-0.15, -0.1) is 11.3 Å².